The van der Waals surface area contributed by atoms with Gasteiger partial charge in [0.05, 0.1) is 5.25 Å². The molecule has 7 heteroatoms. The van der Waals surface area contributed by atoms with Crippen molar-refractivity contribution in [3.63, 3.8) is 0 Å². The molecule has 0 unspecified atom stereocenters. The Kier molecular flexibility index (Phi) is 6.73. The van der Waals surface area contributed by atoms with E-state index in [1.54, 1.807) is 36.6 Å². The first-order valence-corrected chi connectivity index (χ1v) is 9.88. The summed E-state index contributed by atoms with van der Waals surface area (Å²) >= 11 is 4.56. The molecule has 0 aromatic heterocycles. The number of amides is 1. The second-order valence-electron chi connectivity index (χ2n) is 5.67. The molecular weight excluding hydrogens is 426 g/mol. The maximum Gasteiger partial charge on any atom is 0.240 e. The Bertz CT molecular complexity index is 909. The molecule has 27 heavy (non-hydrogen) atoms. The number of halogens is 1. The Morgan fingerprint density at radius 3 is 2.63 bits per heavy atom. The van der Waals surface area contributed by atoms with Crippen LogP contribution in [-0.2, 0) is 4.79 Å². The molecule has 1 fully saturated rings. The number of thioether (sulfide) groups is 1. The second kappa shape index (κ2) is 9.43. The van der Waals surface area contributed by atoms with E-state index in [1.807, 2.05) is 36.4 Å². The number of carbonyl (C=O) groups excluding carboxylic acids is 2. The fourth-order valence-corrected chi connectivity index (χ4v) is 3.54. The van der Waals surface area contributed by atoms with E-state index < -0.39 is 5.25 Å². The minimum Gasteiger partial charge on any atom is -0.303 e. The molecule has 1 heterocycles. The molecule has 1 amide bonds. The summed E-state index contributed by atoms with van der Waals surface area (Å²) in [4.78, 5) is 24.4. The predicted molar refractivity (Wildman–Crippen MR) is 114 cm³/mol. The van der Waals surface area contributed by atoms with Gasteiger partial charge >= 0.3 is 0 Å². The molecule has 1 saturated heterocycles. The molecule has 2 aromatic rings. The molecule has 136 valence electrons. The maximum absolute atomic E-state index is 12.3. The van der Waals surface area contributed by atoms with E-state index in [4.69, 9.17) is 0 Å². The lowest BCUT2D eigenvalue weighted by molar-refractivity contribution is -0.118. The number of benzene rings is 2. The SMILES string of the molecule is O=C(C[C@@H]1S/C(=N/N=C\C=C\c2ccccc2)NC1=O)c1ccc(Br)cc1. The van der Waals surface area contributed by atoms with E-state index in [0.29, 0.717) is 10.7 Å². The molecule has 0 radical (unpaired) electrons. The van der Waals surface area contributed by atoms with Crippen molar-refractivity contribution in [1.29, 1.82) is 0 Å². The summed E-state index contributed by atoms with van der Waals surface area (Å²) in [6.45, 7) is 0. The molecule has 1 atom stereocenters. The Labute approximate surface area is 169 Å². The van der Waals surface area contributed by atoms with Crippen LogP contribution in [0.2, 0.25) is 0 Å². The third kappa shape index (κ3) is 5.74. The number of rotatable bonds is 6. The van der Waals surface area contributed by atoms with Crippen molar-refractivity contribution in [2.75, 3.05) is 0 Å². The Balaban J connectivity index is 1.54. The van der Waals surface area contributed by atoms with E-state index in [2.05, 4.69) is 31.4 Å². The largest absolute Gasteiger partial charge is 0.303 e. The molecule has 0 aliphatic carbocycles. The highest BCUT2D eigenvalue weighted by Crippen LogP contribution is 2.24. The van der Waals surface area contributed by atoms with Crippen molar-refractivity contribution < 1.29 is 9.59 Å². The third-order valence-electron chi connectivity index (χ3n) is 3.70. The quantitative estimate of drug-likeness (QED) is 0.412. The van der Waals surface area contributed by atoms with Gasteiger partial charge < -0.3 is 5.32 Å². The standard InChI is InChI=1S/C20H16BrN3O2S/c21-16-10-8-15(9-11-16)17(25)13-18-19(26)23-20(27-18)24-22-12-4-7-14-5-2-1-3-6-14/h1-12,18H,13H2,(H,23,24,26)/b7-4+,22-12-/t18-/m0/s1. The van der Waals surface area contributed by atoms with Gasteiger partial charge in [-0.05, 0) is 23.8 Å². The molecule has 2 aromatic carbocycles. The van der Waals surface area contributed by atoms with Gasteiger partial charge in [-0.3, -0.25) is 9.59 Å². The van der Waals surface area contributed by atoms with Crippen LogP contribution in [0.5, 0.6) is 0 Å². The molecule has 1 aliphatic rings. The average Bonchev–Trinajstić information content (AvgIpc) is 3.02. The van der Waals surface area contributed by atoms with Gasteiger partial charge in [-0.15, -0.1) is 5.10 Å². The zero-order valence-corrected chi connectivity index (χ0v) is 16.6. The van der Waals surface area contributed by atoms with Crippen molar-refractivity contribution in [2.45, 2.75) is 11.7 Å². The molecule has 3 rings (SSSR count). The predicted octanol–water partition coefficient (Wildman–Crippen LogP) is 4.31. The summed E-state index contributed by atoms with van der Waals surface area (Å²) in [5, 5.41) is 10.5. The summed E-state index contributed by atoms with van der Waals surface area (Å²) in [6.07, 6.45) is 5.35. The smallest absolute Gasteiger partial charge is 0.240 e. The van der Waals surface area contributed by atoms with Crippen molar-refractivity contribution >= 4 is 56.8 Å². The number of hydrogen-bond acceptors (Lipinski definition) is 5. The van der Waals surface area contributed by atoms with Gasteiger partial charge in [0.1, 0.15) is 0 Å². The number of nitrogens with zero attached hydrogens (tertiary/aromatic N) is 2. The number of carbonyl (C=O) groups is 2. The number of nitrogens with one attached hydrogen (secondary N) is 1. The fourth-order valence-electron chi connectivity index (χ4n) is 2.35. The zero-order valence-electron chi connectivity index (χ0n) is 14.2. The first-order valence-electron chi connectivity index (χ1n) is 8.21. The molecule has 0 bridgehead atoms. The number of amidine groups is 1. The number of allylic oxidation sites excluding steroid dienone is 1. The van der Waals surface area contributed by atoms with Crippen molar-refractivity contribution in [1.82, 2.24) is 5.32 Å². The summed E-state index contributed by atoms with van der Waals surface area (Å²) < 4.78 is 0.903. The van der Waals surface area contributed by atoms with Crippen molar-refractivity contribution in [3.05, 3.63) is 76.3 Å². The summed E-state index contributed by atoms with van der Waals surface area (Å²) in [5.41, 5.74) is 1.65. The highest BCUT2D eigenvalue weighted by molar-refractivity contribution is 9.10. The minimum atomic E-state index is -0.491. The Hall–Kier alpha value is -2.51. The molecule has 1 aliphatic heterocycles. The van der Waals surface area contributed by atoms with Crippen LogP contribution in [0.3, 0.4) is 0 Å². The van der Waals surface area contributed by atoms with E-state index in [0.717, 1.165) is 10.0 Å². The van der Waals surface area contributed by atoms with Crippen molar-refractivity contribution in [3.8, 4) is 0 Å². The van der Waals surface area contributed by atoms with Crippen LogP contribution in [0, 0.1) is 0 Å². The van der Waals surface area contributed by atoms with Gasteiger partial charge in [-0.2, -0.15) is 5.10 Å². The normalized spacial score (nSPS) is 18.5. The van der Waals surface area contributed by atoms with Crippen LogP contribution >= 0.6 is 27.7 Å². The van der Waals surface area contributed by atoms with Gasteiger partial charge in [0, 0.05) is 22.7 Å². The van der Waals surface area contributed by atoms with Crippen LogP contribution in [-0.4, -0.2) is 28.3 Å². The molecular formula is C20H16BrN3O2S. The van der Waals surface area contributed by atoms with Gasteiger partial charge in [-0.1, -0.05) is 76.2 Å². The summed E-state index contributed by atoms with van der Waals surface area (Å²) in [5.74, 6) is -0.301. The summed E-state index contributed by atoms with van der Waals surface area (Å²) in [7, 11) is 0. The van der Waals surface area contributed by atoms with Gasteiger partial charge in [0.25, 0.3) is 0 Å². The molecule has 0 spiro atoms. The van der Waals surface area contributed by atoms with Gasteiger partial charge in [0.2, 0.25) is 5.91 Å². The first kappa shape index (κ1) is 19.3. The second-order valence-corrected chi connectivity index (χ2v) is 7.78. The maximum atomic E-state index is 12.3. The van der Waals surface area contributed by atoms with Crippen LogP contribution in [0.4, 0.5) is 0 Å². The number of hydrogen-bond donors (Lipinski definition) is 1. The number of Topliss-reactive ketones (excluding diaryl/α,β-unsaturated/α-hetero) is 1. The summed E-state index contributed by atoms with van der Waals surface area (Å²) in [6, 6.07) is 16.9. The van der Waals surface area contributed by atoms with Crippen LogP contribution in [0.1, 0.15) is 22.3 Å². The van der Waals surface area contributed by atoms with E-state index in [1.165, 1.54) is 11.8 Å². The van der Waals surface area contributed by atoms with Gasteiger partial charge in [0.15, 0.2) is 11.0 Å². The van der Waals surface area contributed by atoms with Crippen LogP contribution < -0.4 is 5.32 Å². The van der Waals surface area contributed by atoms with E-state index in [-0.39, 0.29) is 18.1 Å². The number of ketones is 1. The van der Waals surface area contributed by atoms with E-state index in [9.17, 15) is 9.59 Å². The van der Waals surface area contributed by atoms with E-state index >= 15 is 0 Å². The first-order chi connectivity index (χ1) is 13.1. The monoisotopic (exact) mass is 441 g/mol. The van der Waals surface area contributed by atoms with Crippen LogP contribution in [0.25, 0.3) is 6.08 Å². The fraction of sp³-hybridized carbons (Fsp3) is 0.100. The topological polar surface area (TPSA) is 70.9 Å². The zero-order chi connectivity index (χ0) is 19.1. The van der Waals surface area contributed by atoms with Crippen molar-refractivity contribution in [2.24, 2.45) is 10.2 Å². The lowest BCUT2D eigenvalue weighted by Gasteiger charge is -2.04. The molecule has 1 N–H and O–H groups in total. The lowest BCUT2D eigenvalue weighted by atomic mass is 10.1. The molecule has 0 saturated carbocycles. The molecule has 5 nitrogen and oxygen atoms in total. The van der Waals surface area contributed by atoms with Gasteiger partial charge in [-0.25, -0.2) is 0 Å². The average molecular weight is 442 g/mol. The Morgan fingerprint density at radius 1 is 1.15 bits per heavy atom. The third-order valence-corrected chi connectivity index (χ3v) is 5.30. The van der Waals surface area contributed by atoms with Crippen LogP contribution in [0.15, 0.2) is 75.3 Å². The highest BCUT2D eigenvalue weighted by Gasteiger charge is 2.32. The Morgan fingerprint density at radius 2 is 1.89 bits per heavy atom. The lowest BCUT2D eigenvalue weighted by Crippen LogP contribution is -2.26. The minimum absolute atomic E-state index is 0.0781. The highest BCUT2D eigenvalue weighted by atomic mass is 79.9.